The molecule has 1 rings (SSSR count). The Hall–Kier alpha value is 1.00. The SMILES string of the molecule is Cl.[Br][Al]([Br])[c]1ccccc1. The Bertz CT molecular complexity index is 178. The lowest BCUT2D eigenvalue weighted by atomic mass is 10.4. The summed E-state index contributed by atoms with van der Waals surface area (Å²) in [4.78, 5) is 0. The molecule has 0 saturated carbocycles. The number of hydrogen-bond acceptors (Lipinski definition) is 0. The molecule has 0 nitrogen and oxygen atoms in total. The molecule has 0 aromatic heterocycles. The van der Waals surface area contributed by atoms with Gasteiger partial charge < -0.3 is 0 Å². The highest BCUT2D eigenvalue weighted by molar-refractivity contribution is 9.49. The van der Waals surface area contributed by atoms with Crippen molar-refractivity contribution in [3.8, 4) is 0 Å². The second-order valence-electron chi connectivity index (χ2n) is 1.71. The van der Waals surface area contributed by atoms with Gasteiger partial charge in [-0.3, -0.25) is 0 Å². The van der Waals surface area contributed by atoms with Gasteiger partial charge >= 0.3 is 10.5 Å². The normalized spacial score (nSPS) is 8.20. The third kappa shape index (κ3) is 3.41. The summed E-state index contributed by atoms with van der Waals surface area (Å²) in [6, 6.07) is 10.4. The van der Waals surface area contributed by atoms with Crippen LogP contribution in [0, 0.1) is 0 Å². The number of halogens is 3. The summed E-state index contributed by atoms with van der Waals surface area (Å²) < 4.78 is 1.39. The molecule has 0 bridgehead atoms. The van der Waals surface area contributed by atoms with E-state index in [1.165, 1.54) is 4.43 Å². The third-order valence-electron chi connectivity index (χ3n) is 1.05. The largest absolute Gasteiger partial charge is 0.491 e. The molecule has 0 spiro atoms. The minimum absolute atomic E-state index is 0. The number of hydrogen-bond donors (Lipinski definition) is 0. The quantitative estimate of drug-likeness (QED) is 0.699. The lowest BCUT2D eigenvalue weighted by Crippen LogP contribution is -2.15. The summed E-state index contributed by atoms with van der Waals surface area (Å²) in [5.41, 5.74) is 0. The molecule has 0 unspecified atom stereocenters. The van der Waals surface area contributed by atoms with Crippen molar-refractivity contribution in [2.75, 3.05) is 0 Å². The molecule has 0 amide bonds. The fourth-order valence-corrected chi connectivity index (χ4v) is 2.94. The zero-order valence-electron chi connectivity index (χ0n) is 5.13. The predicted octanol–water partition coefficient (Wildman–Crippen LogP) is 2.59. The van der Waals surface area contributed by atoms with Gasteiger partial charge in [-0.2, -0.15) is 28.1 Å². The molecule has 1 aromatic rings. The van der Waals surface area contributed by atoms with Gasteiger partial charge in [-0.1, -0.05) is 34.8 Å². The molecule has 4 heteroatoms. The van der Waals surface area contributed by atoms with Crippen molar-refractivity contribution in [3.05, 3.63) is 30.3 Å². The summed E-state index contributed by atoms with van der Waals surface area (Å²) in [6.45, 7) is 0. The maximum atomic E-state index is 3.54. The smallest absolute Gasteiger partial charge is 0.189 e. The Labute approximate surface area is 85.1 Å². The summed E-state index contributed by atoms with van der Waals surface area (Å²) in [6.07, 6.45) is 0. The van der Waals surface area contributed by atoms with Crippen molar-refractivity contribution >= 4 is 55.4 Å². The van der Waals surface area contributed by atoms with Gasteiger partial charge in [-0.25, -0.2) is 0 Å². The Morgan fingerprint density at radius 1 is 1.00 bits per heavy atom. The zero-order valence-corrected chi connectivity index (χ0v) is 10.3. The molecule has 0 N–H and O–H groups in total. The first-order valence-corrected chi connectivity index (χ1v) is 9.58. The van der Waals surface area contributed by atoms with Crippen LogP contribution in [0.15, 0.2) is 30.3 Å². The molecule has 0 aliphatic rings. The van der Waals surface area contributed by atoms with Crippen molar-refractivity contribution in [2.45, 2.75) is 0 Å². The molecule has 0 heterocycles. The highest BCUT2D eigenvalue weighted by atomic mass is 79.9. The van der Waals surface area contributed by atoms with Gasteiger partial charge in [0.2, 0.25) is 0 Å². The van der Waals surface area contributed by atoms with Crippen LogP contribution in [-0.4, -0.2) is 10.5 Å². The van der Waals surface area contributed by atoms with Gasteiger partial charge in [0, 0.05) is 0 Å². The van der Waals surface area contributed by atoms with E-state index in [1.54, 1.807) is 0 Å². The van der Waals surface area contributed by atoms with Crippen molar-refractivity contribution in [1.82, 2.24) is 0 Å². The minimum atomic E-state index is -0.904. The first-order valence-electron chi connectivity index (χ1n) is 2.64. The average molecular weight is 300 g/mol. The van der Waals surface area contributed by atoms with Crippen LogP contribution in [0.3, 0.4) is 0 Å². The first-order chi connectivity index (χ1) is 4.30. The summed E-state index contributed by atoms with van der Waals surface area (Å²) in [7, 11) is -0.904. The topological polar surface area (TPSA) is 0 Å². The average Bonchev–Trinajstić information content (AvgIpc) is 1.90. The fraction of sp³-hybridized carbons (Fsp3) is 0. The van der Waals surface area contributed by atoms with E-state index < -0.39 is 10.5 Å². The number of rotatable bonds is 1. The van der Waals surface area contributed by atoms with E-state index >= 15 is 0 Å². The second kappa shape index (κ2) is 5.63. The van der Waals surface area contributed by atoms with Gasteiger partial charge in [-0.15, -0.1) is 12.4 Å². The number of benzene rings is 1. The van der Waals surface area contributed by atoms with E-state index in [9.17, 15) is 0 Å². The Morgan fingerprint density at radius 2 is 1.50 bits per heavy atom. The lowest BCUT2D eigenvalue weighted by Gasteiger charge is -1.92. The van der Waals surface area contributed by atoms with Crippen molar-refractivity contribution in [3.63, 3.8) is 0 Å². The molecule has 54 valence electrons. The van der Waals surface area contributed by atoms with Crippen LogP contribution in [-0.2, 0) is 0 Å². The van der Waals surface area contributed by atoms with Gasteiger partial charge in [0.25, 0.3) is 0 Å². The molecule has 0 radical (unpaired) electrons. The van der Waals surface area contributed by atoms with E-state index in [0.29, 0.717) is 0 Å². The van der Waals surface area contributed by atoms with Crippen molar-refractivity contribution in [2.24, 2.45) is 0 Å². The third-order valence-corrected chi connectivity index (χ3v) is 5.11. The van der Waals surface area contributed by atoms with Crippen molar-refractivity contribution in [1.29, 1.82) is 0 Å². The Kier molecular flexibility index (Phi) is 6.19. The molecule has 1 aromatic carbocycles. The van der Waals surface area contributed by atoms with Crippen LogP contribution in [0.2, 0.25) is 0 Å². The highest BCUT2D eigenvalue weighted by Crippen LogP contribution is 2.01. The standard InChI is InChI=1S/C6H5.Al.2BrH.ClH/c1-2-4-6-5-3-1;;;;/h1-5H;;3*1H/q;+2;;;/p-2. The molecule has 0 aliphatic heterocycles. The zero-order chi connectivity index (χ0) is 6.69. The van der Waals surface area contributed by atoms with E-state index in [4.69, 9.17) is 0 Å². The minimum Gasteiger partial charge on any atom is -0.189 e. The molecule has 10 heavy (non-hydrogen) atoms. The van der Waals surface area contributed by atoms with Crippen molar-refractivity contribution < 1.29 is 0 Å². The van der Waals surface area contributed by atoms with Crippen LogP contribution in [0.5, 0.6) is 0 Å². The monoisotopic (exact) mass is 298 g/mol. The molecular weight excluding hydrogens is 294 g/mol. The second-order valence-corrected chi connectivity index (χ2v) is 12.2. The van der Waals surface area contributed by atoms with E-state index in [0.717, 1.165) is 0 Å². The van der Waals surface area contributed by atoms with Crippen LogP contribution in [0.1, 0.15) is 0 Å². The fourth-order valence-electron chi connectivity index (χ4n) is 0.599. The Balaban J connectivity index is 0.000000810. The van der Waals surface area contributed by atoms with Crippen LogP contribution < -0.4 is 4.43 Å². The Morgan fingerprint density at radius 3 is 1.80 bits per heavy atom. The molecule has 0 fully saturated rings. The van der Waals surface area contributed by atoms with Gasteiger partial charge in [-0.05, 0) is 0 Å². The van der Waals surface area contributed by atoms with Gasteiger partial charge in [0.05, 0.1) is 0 Å². The lowest BCUT2D eigenvalue weighted by molar-refractivity contribution is 1.77. The van der Waals surface area contributed by atoms with Crippen LogP contribution >= 0.6 is 40.5 Å². The van der Waals surface area contributed by atoms with Crippen LogP contribution in [0.4, 0.5) is 0 Å². The molecular formula is C6H6AlBr2Cl. The van der Waals surface area contributed by atoms with Crippen LogP contribution in [0.25, 0.3) is 0 Å². The molecule has 0 atom stereocenters. The maximum absolute atomic E-state index is 3.54. The predicted molar refractivity (Wildman–Crippen MR) is 56.9 cm³/mol. The first kappa shape index (κ1) is 11.0. The van der Waals surface area contributed by atoms with Gasteiger partial charge in [0.15, 0.2) is 0 Å². The summed E-state index contributed by atoms with van der Waals surface area (Å²) in [5.74, 6) is 0. The summed E-state index contributed by atoms with van der Waals surface area (Å²) in [5, 5.41) is 0. The van der Waals surface area contributed by atoms with E-state index in [2.05, 4.69) is 52.4 Å². The van der Waals surface area contributed by atoms with E-state index in [1.807, 2.05) is 6.07 Å². The maximum Gasteiger partial charge on any atom is 0.491 e. The summed E-state index contributed by atoms with van der Waals surface area (Å²) >= 11 is 7.08. The highest BCUT2D eigenvalue weighted by Gasteiger charge is 2.09. The van der Waals surface area contributed by atoms with E-state index in [-0.39, 0.29) is 12.4 Å². The molecule has 0 saturated heterocycles. The van der Waals surface area contributed by atoms with Gasteiger partial charge in [0.1, 0.15) is 0 Å². The molecule has 0 aliphatic carbocycles.